The van der Waals surface area contributed by atoms with Crippen LogP contribution in [0.4, 0.5) is 13.2 Å². The fraction of sp³-hybridized carbons (Fsp3) is 0.333. The van der Waals surface area contributed by atoms with Crippen molar-refractivity contribution in [2.24, 2.45) is 0 Å². The predicted molar refractivity (Wildman–Crippen MR) is 95.9 cm³/mol. The van der Waals surface area contributed by atoms with Crippen LogP contribution >= 0.6 is 0 Å². The van der Waals surface area contributed by atoms with Crippen LogP contribution in [0.3, 0.4) is 0 Å². The quantitative estimate of drug-likeness (QED) is 0.660. The number of methoxy groups -OCH3 is 1. The largest absolute Gasteiger partial charge is 0.497 e. The van der Waals surface area contributed by atoms with Crippen molar-refractivity contribution < 1.29 is 17.9 Å². The lowest BCUT2D eigenvalue weighted by atomic mass is 10.1. The SMILES string of the molecule is COc1ccc(-c2ccc(=O)n(CN3CCn4nc(C(F)(F)F)nc4C3)n2)cc1. The van der Waals surface area contributed by atoms with Gasteiger partial charge in [0.05, 0.1) is 32.6 Å². The fourth-order valence-electron chi connectivity index (χ4n) is 3.08. The summed E-state index contributed by atoms with van der Waals surface area (Å²) < 4.78 is 46.1. The van der Waals surface area contributed by atoms with E-state index in [2.05, 4.69) is 15.2 Å². The highest BCUT2D eigenvalue weighted by atomic mass is 19.4. The van der Waals surface area contributed by atoms with Crippen LogP contribution in [-0.2, 0) is 25.9 Å². The monoisotopic (exact) mass is 406 g/mol. The minimum Gasteiger partial charge on any atom is -0.497 e. The van der Waals surface area contributed by atoms with Gasteiger partial charge in [-0.05, 0) is 30.3 Å². The number of rotatable bonds is 4. The zero-order valence-electron chi connectivity index (χ0n) is 15.4. The molecule has 29 heavy (non-hydrogen) atoms. The van der Waals surface area contributed by atoms with Gasteiger partial charge in [-0.15, -0.1) is 5.10 Å². The molecule has 11 heteroatoms. The summed E-state index contributed by atoms with van der Waals surface area (Å²) in [6, 6.07) is 10.3. The van der Waals surface area contributed by atoms with E-state index in [4.69, 9.17) is 4.74 Å². The Labute approximate surface area is 163 Å². The minimum absolute atomic E-state index is 0.136. The smallest absolute Gasteiger partial charge is 0.453 e. The summed E-state index contributed by atoms with van der Waals surface area (Å²) in [5.41, 5.74) is 1.12. The van der Waals surface area contributed by atoms with Crippen LogP contribution in [0.15, 0.2) is 41.2 Å². The Morgan fingerprint density at radius 2 is 1.83 bits per heavy atom. The van der Waals surface area contributed by atoms with Gasteiger partial charge in [-0.1, -0.05) is 0 Å². The normalized spacial score (nSPS) is 14.6. The van der Waals surface area contributed by atoms with Crippen LogP contribution in [0, 0.1) is 0 Å². The summed E-state index contributed by atoms with van der Waals surface area (Å²) in [7, 11) is 1.57. The summed E-state index contributed by atoms with van der Waals surface area (Å²) in [4.78, 5) is 17.6. The van der Waals surface area contributed by atoms with Gasteiger partial charge >= 0.3 is 6.18 Å². The maximum Gasteiger partial charge on any atom is 0.453 e. The van der Waals surface area contributed by atoms with Gasteiger partial charge in [0.25, 0.3) is 11.4 Å². The maximum atomic E-state index is 12.8. The third-order valence-corrected chi connectivity index (χ3v) is 4.58. The number of halogens is 3. The first kappa shape index (κ1) is 19.1. The number of aromatic nitrogens is 5. The summed E-state index contributed by atoms with van der Waals surface area (Å²) in [6.07, 6.45) is -4.58. The van der Waals surface area contributed by atoms with E-state index in [0.717, 1.165) is 5.56 Å². The zero-order chi connectivity index (χ0) is 20.6. The van der Waals surface area contributed by atoms with E-state index in [1.807, 2.05) is 12.1 Å². The number of ether oxygens (including phenoxy) is 1. The lowest BCUT2D eigenvalue weighted by Gasteiger charge is -2.26. The van der Waals surface area contributed by atoms with Crippen molar-refractivity contribution in [1.82, 2.24) is 29.4 Å². The molecule has 3 aromatic rings. The lowest BCUT2D eigenvalue weighted by molar-refractivity contribution is -0.145. The van der Waals surface area contributed by atoms with Crippen molar-refractivity contribution in [2.75, 3.05) is 13.7 Å². The van der Waals surface area contributed by atoms with Crippen LogP contribution in [0.2, 0.25) is 0 Å². The molecule has 0 aliphatic carbocycles. The van der Waals surface area contributed by atoms with E-state index >= 15 is 0 Å². The number of hydrogen-bond acceptors (Lipinski definition) is 6. The molecule has 0 fully saturated rings. The van der Waals surface area contributed by atoms with Gasteiger partial charge in [-0.3, -0.25) is 9.69 Å². The Morgan fingerprint density at radius 1 is 1.07 bits per heavy atom. The molecule has 8 nitrogen and oxygen atoms in total. The second kappa shape index (κ2) is 7.32. The zero-order valence-corrected chi connectivity index (χ0v) is 15.4. The summed E-state index contributed by atoms with van der Waals surface area (Å²) in [5.74, 6) is -0.230. The molecular formula is C18H17F3N6O2. The first-order valence-electron chi connectivity index (χ1n) is 8.79. The summed E-state index contributed by atoms with van der Waals surface area (Å²) >= 11 is 0. The Morgan fingerprint density at radius 3 is 2.52 bits per heavy atom. The van der Waals surface area contributed by atoms with Crippen molar-refractivity contribution in [1.29, 1.82) is 0 Å². The first-order valence-corrected chi connectivity index (χ1v) is 8.79. The van der Waals surface area contributed by atoms with Gasteiger partial charge < -0.3 is 4.74 Å². The average molecular weight is 406 g/mol. The number of fused-ring (bicyclic) bond motifs is 1. The fourth-order valence-corrected chi connectivity index (χ4v) is 3.08. The maximum absolute atomic E-state index is 12.8. The predicted octanol–water partition coefficient (Wildman–Crippen LogP) is 2.00. The molecule has 0 bridgehead atoms. The van der Waals surface area contributed by atoms with Gasteiger partial charge in [-0.25, -0.2) is 14.3 Å². The van der Waals surface area contributed by atoms with Gasteiger partial charge in [0.2, 0.25) is 0 Å². The molecule has 1 aromatic carbocycles. The highest BCUT2D eigenvalue weighted by Crippen LogP contribution is 2.27. The Hall–Kier alpha value is -3.21. The van der Waals surface area contributed by atoms with E-state index < -0.39 is 12.0 Å². The molecule has 0 unspecified atom stereocenters. The van der Waals surface area contributed by atoms with Crippen molar-refractivity contribution >= 4 is 0 Å². The van der Waals surface area contributed by atoms with Crippen LogP contribution < -0.4 is 10.3 Å². The second-order valence-corrected chi connectivity index (χ2v) is 6.55. The number of alkyl halides is 3. The second-order valence-electron chi connectivity index (χ2n) is 6.55. The van der Waals surface area contributed by atoms with E-state index in [1.54, 1.807) is 30.2 Å². The van der Waals surface area contributed by atoms with Crippen molar-refractivity contribution in [3.05, 3.63) is 58.4 Å². The van der Waals surface area contributed by atoms with Crippen molar-refractivity contribution in [2.45, 2.75) is 25.9 Å². The number of hydrogen-bond donors (Lipinski definition) is 0. The molecule has 0 radical (unpaired) electrons. The first-order chi connectivity index (χ1) is 13.8. The molecule has 0 saturated heterocycles. The number of benzene rings is 1. The average Bonchev–Trinajstić information content (AvgIpc) is 3.14. The molecule has 2 aromatic heterocycles. The molecule has 3 heterocycles. The highest BCUT2D eigenvalue weighted by molar-refractivity contribution is 5.59. The molecule has 0 spiro atoms. The summed E-state index contributed by atoms with van der Waals surface area (Å²) in [5, 5.41) is 7.90. The van der Waals surface area contributed by atoms with E-state index in [9.17, 15) is 18.0 Å². The molecule has 1 aliphatic heterocycles. The van der Waals surface area contributed by atoms with Crippen LogP contribution in [0.25, 0.3) is 11.3 Å². The third-order valence-electron chi connectivity index (χ3n) is 4.58. The molecule has 4 rings (SSSR count). The van der Waals surface area contributed by atoms with Crippen molar-refractivity contribution in [3.8, 4) is 17.0 Å². The topological polar surface area (TPSA) is 78.1 Å². The molecule has 0 amide bonds. The molecule has 1 aliphatic rings. The van der Waals surface area contributed by atoms with Gasteiger partial charge in [0.1, 0.15) is 11.6 Å². The van der Waals surface area contributed by atoms with E-state index in [-0.39, 0.29) is 31.1 Å². The van der Waals surface area contributed by atoms with Gasteiger partial charge in [-0.2, -0.15) is 18.3 Å². The highest BCUT2D eigenvalue weighted by Gasteiger charge is 2.37. The lowest BCUT2D eigenvalue weighted by Crippen LogP contribution is -2.39. The van der Waals surface area contributed by atoms with Crippen LogP contribution in [0.1, 0.15) is 11.6 Å². The third kappa shape index (κ3) is 3.99. The molecule has 0 atom stereocenters. The minimum atomic E-state index is -4.58. The Kier molecular flexibility index (Phi) is 4.82. The Balaban J connectivity index is 1.54. The van der Waals surface area contributed by atoms with E-state index in [1.165, 1.54) is 15.4 Å². The summed E-state index contributed by atoms with van der Waals surface area (Å²) in [6.45, 7) is 0.959. The molecule has 0 N–H and O–H groups in total. The molecular weight excluding hydrogens is 389 g/mol. The van der Waals surface area contributed by atoms with Crippen LogP contribution in [-0.4, -0.2) is 43.1 Å². The molecule has 152 valence electrons. The molecule has 0 saturated carbocycles. The van der Waals surface area contributed by atoms with Gasteiger partial charge in [0, 0.05) is 18.2 Å². The van der Waals surface area contributed by atoms with Crippen molar-refractivity contribution in [3.63, 3.8) is 0 Å². The number of nitrogens with zero attached hydrogens (tertiary/aromatic N) is 6. The Bertz CT molecular complexity index is 1070. The van der Waals surface area contributed by atoms with Gasteiger partial charge in [0.15, 0.2) is 0 Å². The standard InChI is InChI=1S/C18H17F3N6O2/c1-29-13-4-2-12(3-5-13)14-6-7-16(28)27(23-14)11-25-8-9-26-15(10-25)22-17(24-26)18(19,20)21/h2-7H,8-11H2,1H3. The van der Waals surface area contributed by atoms with Crippen LogP contribution in [0.5, 0.6) is 5.75 Å². The van der Waals surface area contributed by atoms with E-state index in [0.29, 0.717) is 18.0 Å².